The van der Waals surface area contributed by atoms with Crippen LogP contribution in [0.5, 0.6) is 0 Å². The summed E-state index contributed by atoms with van der Waals surface area (Å²) in [5, 5.41) is 0. The highest BCUT2D eigenvalue weighted by atomic mass is 19.1. The maximum atomic E-state index is 13.1. The molecule has 3 heteroatoms. The van der Waals surface area contributed by atoms with Crippen molar-refractivity contribution < 1.29 is 9.18 Å². The fraction of sp³-hybridized carbons (Fsp3) is 0.533. The minimum atomic E-state index is -0.345. The molecule has 2 atom stereocenters. The zero-order chi connectivity index (χ0) is 13.1. The SMILES string of the molecule is CCC1CCC(C)N1CC(=O)c1cccc(F)c1. The summed E-state index contributed by atoms with van der Waals surface area (Å²) in [6.45, 7) is 4.72. The Morgan fingerprint density at radius 1 is 1.44 bits per heavy atom. The molecule has 1 saturated heterocycles. The highest BCUT2D eigenvalue weighted by Gasteiger charge is 2.30. The Kier molecular flexibility index (Phi) is 4.12. The van der Waals surface area contributed by atoms with Gasteiger partial charge < -0.3 is 0 Å². The summed E-state index contributed by atoms with van der Waals surface area (Å²) in [7, 11) is 0. The first-order valence-corrected chi connectivity index (χ1v) is 6.66. The number of Topliss-reactive ketones (excluding diaryl/α,β-unsaturated/α-hetero) is 1. The van der Waals surface area contributed by atoms with Gasteiger partial charge in [0.25, 0.3) is 0 Å². The Labute approximate surface area is 108 Å². The van der Waals surface area contributed by atoms with Crippen molar-refractivity contribution in [3.05, 3.63) is 35.6 Å². The molecule has 1 aliphatic heterocycles. The van der Waals surface area contributed by atoms with Crippen molar-refractivity contribution in [2.45, 2.75) is 45.2 Å². The second-order valence-electron chi connectivity index (χ2n) is 5.09. The lowest BCUT2D eigenvalue weighted by atomic mass is 10.1. The topological polar surface area (TPSA) is 20.3 Å². The van der Waals surface area contributed by atoms with E-state index in [1.807, 2.05) is 0 Å². The van der Waals surface area contributed by atoms with E-state index >= 15 is 0 Å². The van der Waals surface area contributed by atoms with Crippen LogP contribution in [0.1, 0.15) is 43.5 Å². The molecule has 2 nitrogen and oxygen atoms in total. The first-order valence-electron chi connectivity index (χ1n) is 6.66. The molecule has 98 valence electrons. The Hall–Kier alpha value is -1.22. The predicted molar refractivity (Wildman–Crippen MR) is 70.2 cm³/mol. The quantitative estimate of drug-likeness (QED) is 0.763. The number of hydrogen-bond donors (Lipinski definition) is 0. The molecule has 1 aromatic carbocycles. The van der Waals surface area contributed by atoms with Crippen molar-refractivity contribution in [3.8, 4) is 0 Å². The summed E-state index contributed by atoms with van der Waals surface area (Å²) in [5.41, 5.74) is 0.476. The van der Waals surface area contributed by atoms with Crippen LogP contribution in [0.4, 0.5) is 4.39 Å². The fourth-order valence-electron chi connectivity index (χ4n) is 2.77. The van der Waals surface area contributed by atoms with Crippen LogP contribution in [0.3, 0.4) is 0 Å². The van der Waals surface area contributed by atoms with Crippen LogP contribution in [0, 0.1) is 5.82 Å². The molecule has 0 aromatic heterocycles. The zero-order valence-electron chi connectivity index (χ0n) is 11.0. The minimum Gasteiger partial charge on any atom is -0.293 e. The van der Waals surface area contributed by atoms with Gasteiger partial charge in [0.1, 0.15) is 5.82 Å². The van der Waals surface area contributed by atoms with Gasteiger partial charge in [0.05, 0.1) is 6.54 Å². The summed E-state index contributed by atoms with van der Waals surface area (Å²) in [6, 6.07) is 6.92. The Morgan fingerprint density at radius 3 is 2.89 bits per heavy atom. The van der Waals surface area contributed by atoms with Crippen molar-refractivity contribution in [1.29, 1.82) is 0 Å². The number of hydrogen-bond acceptors (Lipinski definition) is 2. The highest BCUT2D eigenvalue weighted by molar-refractivity contribution is 5.97. The van der Waals surface area contributed by atoms with E-state index in [1.54, 1.807) is 12.1 Å². The molecule has 1 heterocycles. The third kappa shape index (κ3) is 2.78. The van der Waals surface area contributed by atoms with Gasteiger partial charge in [-0.15, -0.1) is 0 Å². The number of carbonyl (C=O) groups excluding carboxylic acids is 1. The van der Waals surface area contributed by atoms with Crippen molar-refractivity contribution in [3.63, 3.8) is 0 Å². The van der Waals surface area contributed by atoms with E-state index in [4.69, 9.17) is 0 Å². The summed E-state index contributed by atoms with van der Waals surface area (Å²) < 4.78 is 13.1. The standard InChI is InChI=1S/C15H20FNO/c1-3-14-8-7-11(2)17(14)10-15(18)12-5-4-6-13(16)9-12/h4-6,9,11,14H,3,7-8,10H2,1-2H3. The van der Waals surface area contributed by atoms with Gasteiger partial charge >= 0.3 is 0 Å². The Balaban J connectivity index is 2.07. The van der Waals surface area contributed by atoms with Gasteiger partial charge in [0.15, 0.2) is 5.78 Å². The lowest BCUT2D eigenvalue weighted by Gasteiger charge is -2.26. The van der Waals surface area contributed by atoms with Crippen LogP contribution in [0.2, 0.25) is 0 Å². The van der Waals surface area contributed by atoms with Crippen molar-refractivity contribution >= 4 is 5.78 Å². The number of ketones is 1. The first-order chi connectivity index (χ1) is 8.61. The van der Waals surface area contributed by atoms with E-state index in [-0.39, 0.29) is 11.6 Å². The monoisotopic (exact) mass is 249 g/mol. The molecule has 0 radical (unpaired) electrons. The van der Waals surface area contributed by atoms with Gasteiger partial charge in [0, 0.05) is 17.6 Å². The van der Waals surface area contributed by atoms with Crippen molar-refractivity contribution in [1.82, 2.24) is 4.90 Å². The van der Waals surface area contributed by atoms with Gasteiger partial charge in [-0.05, 0) is 38.3 Å². The largest absolute Gasteiger partial charge is 0.293 e. The predicted octanol–water partition coefficient (Wildman–Crippen LogP) is 3.27. The van der Waals surface area contributed by atoms with Crippen molar-refractivity contribution in [2.75, 3.05) is 6.54 Å². The maximum Gasteiger partial charge on any atom is 0.176 e. The number of carbonyl (C=O) groups is 1. The molecular formula is C15H20FNO. The van der Waals surface area contributed by atoms with E-state index < -0.39 is 0 Å². The number of halogens is 1. The van der Waals surface area contributed by atoms with E-state index in [9.17, 15) is 9.18 Å². The summed E-state index contributed by atoms with van der Waals surface area (Å²) >= 11 is 0. The van der Waals surface area contributed by atoms with Crippen LogP contribution in [0.15, 0.2) is 24.3 Å². The Morgan fingerprint density at radius 2 is 2.22 bits per heavy atom. The van der Waals surface area contributed by atoms with Crippen LogP contribution in [0.25, 0.3) is 0 Å². The summed E-state index contributed by atoms with van der Waals surface area (Å²) in [6.07, 6.45) is 3.38. The van der Waals surface area contributed by atoms with Gasteiger partial charge in [-0.1, -0.05) is 19.1 Å². The molecular weight excluding hydrogens is 229 g/mol. The molecule has 1 fully saturated rings. The van der Waals surface area contributed by atoms with Gasteiger partial charge in [-0.25, -0.2) is 4.39 Å². The first kappa shape index (κ1) is 13.2. The van der Waals surface area contributed by atoms with Gasteiger partial charge in [0.2, 0.25) is 0 Å². The summed E-state index contributed by atoms with van der Waals surface area (Å²) in [4.78, 5) is 14.4. The molecule has 2 unspecified atom stereocenters. The zero-order valence-corrected chi connectivity index (χ0v) is 11.0. The highest BCUT2D eigenvalue weighted by Crippen LogP contribution is 2.26. The van der Waals surface area contributed by atoms with Gasteiger partial charge in [-0.2, -0.15) is 0 Å². The third-order valence-corrected chi connectivity index (χ3v) is 3.90. The molecule has 0 amide bonds. The molecule has 2 rings (SSSR count). The molecule has 0 bridgehead atoms. The maximum absolute atomic E-state index is 13.1. The van der Waals surface area contributed by atoms with Crippen LogP contribution in [-0.4, -0.2) is 29.3 Å². The number of nitrogens with zero attached hydrogens (tertiary/aromatic N) is 1. The van der Waals surface area contributed by atoms with E-state index in [1.165, 1.54) is 12.1 Å². The van der Waals surface area contributed by atoms with E-state index in [0.717, 1.165) is 19.3 Å². The Bertz CT molecular complexity index is 432. The molecule has 18 heavy (non-hydrogen) atoms. The van der Waals surface area contributed by atoms with Crippen LogP contribution < -0.4 is 0 Å². The molecule has 1 aliphatic rings. The molecule has 0 N–H and O–H groups in total. The second kappa shape index (κ2) is 5.61. The normalized spacial score (nSPS) is 24.4. The van der Waals surface area contributed by atoms with E-state index in [0.29, 0.717) is 24.2 Å². The lowest BCUT2D eigenvalue weighted by Crippen LogP contribution is -2.38. The van der Waals surface area contributed by atoms with Crippen LogP contribution >= 0.6 is 0 Å². The summed E-state index contributed by atoms with van der Waals surface area (Å²) in [5.74, 6) is -0.330. The molecule has 0 spiro atoms. The molecule has 0 saturated carbocycles. The fourth-order valence-corrected chi connectivity index (χ4v) is 2.77. The average molecular weight is 249 g/mol. The number of likely N-dealkylation sites (tertiary alicyclic amines) is 1. The number of benzene rings is 1. The van der Waals surface area contributed by atoms with Crippen molar-refractivity contribution in [2.24, 2.45) is 0 Å². The second-order valence-corrected chi connectivity index (χ2v) is 5.09. The van der Waals surface area contributed by atoms with Gasteiger partial charge in [-0.3, -0.25) is 9.69 Å². The average Bonchev–Trinajstić information content (AvgIpc) is 2.70. The third-order valence-electron chi connectivity index (χ3n) is 3.90. The van der Waals surface area contributed by atoms with E-state index in [2.05, 4.69) is 18.7 Å². The lowest BCUT2D eigenvalue weighted by molar-refractivity contribution is 0.0888. The molecule has 0 aliphatic carbocycles. The minimum absolute atomic E-state index is 0.0155. The smallest absolute Gasteiger partial charge is 0.176 e. The van der Waals surface area contributed by atoms with Crippen LogP contribution in [-0.2, 0) is 0 Å². The molecule has 1 aromatic rings. The number of rotatable bonds is 4.